The number of nitrogens with zero attached hydrogens (tertiary/aromatic N) is 1. The van der Waals surface area contributed by atoms with Gasteiger partial charge >= 0.3 is 11.9 Å². The number of aliphatic carboxylic acids is 1. The highest BCUT2D eigenvalue weighted by Crippen LogP contribution is 2.12. The smallest absolute Gasteiger partial charge is 0.320 e. The number of fused-ring (bicyclic) bond motifs is 1. The number of carbonyl (C=O) groups is 2. The van der Waals surface area contributed by atoms with Gasteiger partial charge in [0.1, 0.15) is 12.6 Å². The molecular weight excluding hydrogens is 272 g/mol. The highest BCUT2D eigenvalue weighted by atomic mass is 16.5. The van der Waals surface area contributed by atoms with E-state index in [1.807, 2.05) is 30.3 Å². The molecule has 0 fully saturated rings. The molecular formula is C15H16N2O4. The molecule has 3 N–H and O–H groups in total. The van der Waals surface area contributed by atoms with Crippen LogP contribution in [0.3, 0.4) is 0 Å². The number of carbonyl (C=O) groups excluding carboxylic acids is 1. The second-order valence-corrected chi connectivity index (χ2v) is 4.64. The van der Waals surface area contributed by atoms with Crippen molar-refractivity contribution in [3.8, 4) is 0 Å². The Morgan fingerprint density at radius 3 is 2.76 bits per heavy atom. The van der Waals surface area contributed by atoms with E-state index in [4.69, 9.17) is 15.6 Å². The Hall–Kier alpha value is -2.47. The van der Waals surface area contributed by atoms with E-state index in [1.54, 1.807) is 6.07 Å². The molecule has 0 bridgehead atoms. The van der Waals surface area contributed by atoms with E-state index in [1.165, 1.54) is 0 Å². The molecule has 1 heterocycles. The average molecular weight is 288 g/mol. The standard InChI is InChI=1S/C15H16N2O4/c16-12(15(19)20)7-8-14(18)21-9-11-6-5-10-3-1-2-4-13(10)17-11/h1-6,12H,7-9,16H2,(H,19,20)/t12-/m0/s1. The fraction of sp³-hybridized carbons (Fsp3) is 0.267. The Kier molecular flexibility index (Phi) is 4.84. The second kappa shape index (κ2) is 6.81. The Balaban J connectivity index is 1.86. The van der Waals surface area contributed by atoms with E-state index in [0.29, 0.717) is 5.69 Å². The molecule has 21 heavy (non-hydrogen) atoms. The Morgan fingerprint density at radius 1 is 1.24 bits per heavy atom. The van der Waals surface area contributed by atoms with Gasteiger partial charge in [0.05, 0.1) is 11.2 Å². The van der Waals surface area contributed by atoms with Crippen LogP contribution in [0.2, 0.25) is 0 Å². The van der Waals surface area contributed by atoms with Crippen LogP contribution in [-0.2, 0) is 20.9 Å². The molecule has 0 saturated heterocycles. The normalized spacial score (nSPS) is 12.0. The van der Waals surface area contributed by atoms with Crippen molar-refractivity contribution >= 4 is 22.8 Å². The summed E-state index contributed by atoms with van der Waals surface area (Å²) in [6, 6.07) is 10.3. The SMILES string of the molecule is N[C@@H](CCC(=O)OCc1ccc2ccccc2n1)C(=O)O. The van der Waals surface area contributed by atoms with Gasteiger partial charge in [0.25, 0.3) is 0 Å². The van der Waals surface area contributed by atoms with Crippen LogP contribution >= 0.6 is 0 Å². The number of esters is 1. The maximum absolute atomic E-state index is 11.5. The third kappa shape index (κ3) is 4.25. The molecule has 0 saturated carbocycles. The minimum Gasteiger partial charge on any atom is -0.480 e. The van der Waals surface area contributed by atoms with Crippen molar-refractivity contribution in [2.24, 2.45) is 5.73 Å². The first kappa shape index (κ1) is 14.9. The van der Waals surface area contributed by atoms with Gasteiger partial charge in [-0.3, -0.25) is 9.59 Å². The molecule has 6 nitrogen and oxygen atoms in total. The second-order valence-electron chi connectivity index (χ2n) is 4.64. The molecule has 0 radical (unpaired) electrons. The number of aromatic nitrogens is 1. The van der Waals surface area contributed by atoms with E-state index in [-0.39, 0.29) is 19.4 Å². The minimum atomic E-state index is -1.13. The number of carboxylic acids is 1. The lowest BCUT2D eigenvalue weighted by molar-refractivity contribution is -0.145. The largest absolute Gasteiger partial charge is 0.480 e. The zero-order chi connectivity index (χ0) is 15.2. The Morgan fingerprint density at radius 2 is 2.00 bits per heavy atom. The summed E-state index contributed by atoms with van der Waals surface area (Å²) in [6.45, 7) is 0.0615. The van der Waals surface area contributed by atoms with E-state index in [9.17, 15) is 9.59 Å². The molecule has 0 unspecified atom stereocenters. The predicted molar refractivity (Wildman–Crippen MR) is 76.4 cm³/mol. The molecule has 1 aromatic carbocycles. The van der Waals surface area contributed by atoms with Crippen molar-refractivity contribution < 1.29 is 19.4 Å². The van der Waals surface area contributed by atoms with Gasteiger partial charge in [-0.25, -0.2) is 4.98 Å². The molecule has 0 aliphatic rings. The van der Waals surface area contributed by atoms with Gasteiger partial charge in [0.15, 0.2) is 0 Å². The summed E-state index contributed by atoms with van der Waals surface area (Å²) in [5.41, 5.74) is 6.79. The average Bonchev–Trinajstić information content (AvgIpc) is 2.50. The van der Waals surface area contributed by atoms with Crippen molar-refractivity contribution in [1.82, 2.24) is 4.98 Å². The summed E-state index contributed by atoms with van der Waals surface area (Å²) in [4.78, 5) is 26.4. The van der Waals surface area contributed by atoms with Gasteiger partial charge in [-0.15, -0.1) is 0 Å². The summed E-state index contributed by atoms with van der Waals surface area (Å²) in [6.07, 6.45) is 0.0281. The van der Waals surface area contributed by atoms with Crippen LogP contribution in [0, 0.1) is 0 Å². The van der Waals surface area contributed by atoms with E-state index in [2.05, 4.69) is 4.98 Å². The van der Waals surface area contributed by atoms with Crippen molar-refractivity contribution in [3.05, 3.63) is 42.1 Å². The number of ether oxygens (including phenoxy) is 1. The maximum atomic E-state index is 11.5. The predicted octanol–water partition coefficient (Wildman–Crippen LogP) is 1.47. The highest BCUT2D eigenvalue weighted by Gasteiger charge is 2.14. The summed E-state index contributed by atoms with van der Waals surface area (Å²) >= 11 is 0. The first-order valence-electron chi connectivity index (χ1n) is 6.55. The lowest BCUT2D eigenvalue weighted by Gasteiger charge is -2.07. The van der Waals surface area contributed by atoms with Gasteiger partial charge in [-0.2, -0.15) is 0 Å². The summed E-state index contributed by atoms with van der Waals surface area (Å²) < 4.78 is 5.06. The van der Waals surface area contributed by atoms with Gasteiger partial charge in [0, 0.05) is 11.8 Å². The van der Waals surface area contributed by atoms with Crippen LogP contribution in [0.25, 0.3) is 10.9 Å². The molecule has 2 aromatic rings. The van der Waals surface area contributed by atoms with Crippen LogP contribution in [-0.4, -0.2) is 28.1 Å². The third-order valence-corrected chi connectivity index (χ3v) is 3.01. The van der Waals surface area contributed by atoms with Crippen molar-refractivity contribution in [2.75, 3.05) is 0 Å². The van der Waals surface area contributed by atoms with Gasteiger partial charge < -0.3 is 15.6 Å². The molecule has 2 rings (SSSR count). The van der Waals surface area contributed by atoms with Crippen LogP contribution in [0.5, 0.6) is 0 Å². The Labute approximate surface area is 121 Å². The molecule has 0 aliphatic heterocycles. The lowest BCUT2D eigenvalue weighted by Crippen LogP contribution is -2.30. The van der Waals surface area contributed by atoms with Crippen LogP contribution in [0.15, 0.2) is 36.4 Å². The van der Waals surface area contributed by atoms with Crippen LogP contribution < -0.4 is 5.73 Å². The van der Waals surface area contributed by atoms with Crippen molar-refractivity contribution in [3.63, 3.8) is 0 Å². The number of rotatable bonds is 6. The number of hydrogen-bond acceptors (Lipinski definition) is 5. The monoisotopic (exact) mass is 288 g/mol. The quantitative estimate of drug-likeness (QED) is 0.780. The van der Waals surface area contributed by atoms with Gasteiger partial charge in [-0.1, -0.05) is 24.3 Å². The summed E-state index contributed by atoms with van der Waals surface area (Å²) in [7, 11) is 0. The topological polar surface area (TPSA) is 103 Å². The minimum absolute atomic E-state index is 0.0267. The fourth-order valence-corrected chi connectivity index (χ4v) is 1.81. The van der Waals surface area contributed by atoms with E-state index in [0.717, 1.165) is 10.9 Å². The fourth-order valence-electron chi connectivity index (χ4n) is 1.81. The highest BCUT2D eigenvalue weighted by molar-refractivity contribution is 5.78. The maximum Gasteiger partial charge on any atom is 0.320 e. The number of nitrogens with two attached hydrogens (primary N) is 1. The molecule has 110 valence electrons. The number of pyridine rings is 1. The molecule has 6 heteroatoms. The first-order chi connectivity index (χ1) is 10.1. The zero-order valence-corrected chi connectivity index (χ0v) is 11.4. The van der Waals surface area contributed by atoms with Crippen molar-refractivity contribution in [2.45, 2.75) is 25.5 Å². The summed E-state index contributed by atoms with van der Waals surface area (Å²) in [5.74, 6) is -1.61. The van der Waals surface area contributed by atoms with Gasteiger partial charge in [-0.05, 0) is 18.6 Å². The first-order valence-corrected chi connectivity index (χ1v) is 6.55. The molecule has 0 spiro atoms. The Bertz CT molecular complexity index is 657. The van der Waals surface area contributed by atoms with E-state index < -0.39 is 18.0 Å². The number of carboxylic acid groups (broad SMARTS) is 1. The lowest BCUT2D eigenvalue weighted by atomic mass is 10.2. The zero-order valence-electron chi connectivity index (χ0n) is 11.4. The number of para-hydroxylation sites is 1. The van der Waals surface area contributed by atoms with Crippen LogP contribution in [0.1, 0.15) is 18.5 Å². The molecule has 0 amide bonds. The van der Waals surface area contributed by atoms with Crippen molar-refractivity contribution in [1.29, 1.82) is 0 Å². The molecule has 1 aromatic heterocycles. The molecule has 1 atom stereocenters. The molecule has 0 aliphatic carbocycles. The summed E-state index contributed by atoms with van der Waals surface area (Å²) in [5, 5.41) is 9.63. The van der Waals surface area contributed by atoms with Gasteiger partial charge in [0.2, 0.25) is 0 Å². The number of hydrogen-bond donors (Lipinski definition) is 2. The third-order valence-electron chi connectivity index (χ3n) is 3.01. The number of benzene rings is 1. The van der Waals surface area contributed by atoms with E-state index >= 15 is 0 Å². The van der Waals surface area contributed by atoms with Crippen LogP contribution in [0.4, 0.5) is 0 Å².